The van der Waals surface area contributed by atoms with Gasteiger partial charge in [0.25, 0.3) is 0 Å². The first-order chi connectivity index (χ1) is 10.1. The van der Waals surface area contributed by atoms with Crippen molar-refractivity contribution < 1.29 is 23.9 Å². The molecule has 0 aromatic heterocycles. The molecule has 116 valence electrons. The van der Waals surface area contributed by atoms with Crippen molar-refractivity contribution in [2.45, 2.75) is 32.6 Å². The predicted octanol–water partition coefficient (Wildman–Crippen LogP) is 2.78. The molecule has 0 heterocycles. The summed E-state index contributed by atoms with van der Waals surface area (Å²) in [5, 5.41) is 0. The smallest absolute Gasteiger partial charge is 0.337 e. The minimum Gasteiger partial charge on any atom is -0.466 e. The van der Waals surface area contributed by atoms with Gasteiger partial charge < -0.3 is 14.3 Å². The van der Waals surface area contributed by atoms with Crippen LogP contribution in [0.1, 0.15) is 43.0 Å². The van der Waals surface area contributed by atoms with E-state index in [1.54, 1.807) is 24.3 Å². The minimum absolute atomic E-state index is 0.236. The van der Waals surface area contributed by atoms with Crippen LogP contribution in [0.3, 0.4) is 0 Å². The molecule has 0 spiro atoms. The van der Waals surface area contributed by atoms with Gasteiger partial charge in [0.05, 0.1) is 19.3 Å². The van der Waals surface area contributed by atoms with Gasteiger partial charge in [-0.3, -0.25) is 4.79 Å². The lowest BCUT2D eigenvalue weighted by atomic mass is 10.2. The number of methoxy groups -OCH3 is 1. The molecule has 5 heteroatoms. The zero-order valence-electron chi connectivity index (χ0n) is 12.5. The van der Waals surface area contributed by atoms with E-state index in [0.29, 0.717) is 18.6 Å². The molecule has 0 bridgehead atoms. The summed E-state index contributed by atoms with van der Waals surface area (Å²) in [6.07, 6.45) is 4.22. The largest absolute Gasteiger partial charge is 0.466 e. The Kier molecular flexibility index (Phi) is 11.5. The number of unbranched alkanes of at least 4 members (excludes halogenated alkanes) is 3. The summed E-state index contributed by atoms with van der Waals surface area (Å²) in [5.41, 5.74) is 0.588. The van der Waals surface area contributed by atoms with E-state index in [4.69, 9.17) is 4.74 Å². The Hall–Kier alpha value is -2.17. The van der Waals surface area contributed by atoms with Crippen LogP contribution < -0.4 is 0 Å². The highest BCUT2D eigenvalue weighted by Crippen LogP contribution is 1.99. The van der Waals surface area contributed by atoms with E-state index in [2.05, 4.69) is 4.74 Å². The highest BCUT2D eigenvalue weighted by atomic mass is 16.5. The minimum atomic E-state index is -0.291. The Morgan fingerprint density at radius 1 is 1.10 bits per heavy atom. The summed E-state index contributed by atoms with van der Waals surface area (Å²) in [6, 6.07) is 8.88. The molecule has 0 N–H and O–H groups in total. The van der Waals surface area contributed by atoms with E-state index in [9.17, 15) is 14.4 Å². The van der Waals surface area contributed by atoms with Gasteiger partial charge in [0.15, 0.2) is 0 Å². The molecule has 0 atom stereocenters. The summed E-state index contributed by atoms with van der Waals surface area (Å²) < 4.78 is 9.19. The fraction of sp³-hybridized carbons (Fsp3) is 0.438. The molecule has 0 aliphatic carbocycles. The third-order valence-electron chi connectivity index (χ3n) is 2.47. The van der Waals surface area contributed by atoms with Crippen LogP contribution in [0.15, 0.2) is 30.3 Å². The average molecular weight is 294 g/mol. The number of hydrogen-bond donors (Lipinski definition) is 0. The first-order valence-electron chi connectivity index (χ1n) is 6.82. The topological polar surface area (TPSA) is 69.7 Å². The van der Waals surface area contributed by atoms with E-state index < -0.39 is 0 Å². The highest BCUT2D eigenvalue weighted by molar-refractivity contribution is 5.89. The molecule has 0 amide bonds. The Bertz CT molecular complexity index is 414. The molecule has 21 heavy (non-hydrogen) atoms. The van der Waals surface area contributed by atoms with Crippen LogP contribution in [0.25, 0.3) is 0 Å². The molecule has 1 aromatic rings. The van der Waals surface area contributed by atoms with Crippen molar-refractivity contribution in [1.82, 2.24) is 0 Å². The Morgan fingerprint density at radius 2 is 1.76 bits per heavy atom. The zero-order chi connectivity index (χ0) is 15.9. The lowest BCUT2D eigenvalue weighted by Crippen LogP contribution is -2.00. The van der Waals surface area contributed by atoms with E-state index >= 15 is 0 Å². The van der Waals surface area contributed by atoms with Gasteiger partial charge in [-0.1, -0.05) is 18.2 Å². The maximum Gasteiger partial charge on any atom is 0.337 e. The summed E-state index contributed by atoms with van der Waals surface area (Å²) >= 11 is 0. The van der Waals surface area contributed by atoms with Crippen LogP contribution in [0.4, 0.5) is 0 Å². The van der Waals surface area contributed by atoms with Gasteiger partial charge in [-0.2, -0.15) is 0 Å². The van der Waals surface area contributed by atoms with E-state index in [1.807, 2.05) is 6.07 Å². The monoisotopic (exact) mass is 294 g/mol. The number of carbonyl (C=O) groups is 3. The van der Waals surface area contributed by atoms with Gasteiger partial charge in [0, 0.05) is 13.3 Å². The van der Waals surface area contributed by atoms with Crippen LogP contribution in [0, 0.1) is 0 Å². The average Bonchev–Trinajstić information content (AvgIpc) is 2.51. The molecule has 0 fully saturated rings. The number of benzene rings is 1. The van der Waals surface area contributed by atoms with Crippen LogP contribution in [0.5, 0.6) is 0 Å². The van der Waals surface area contributed by atoms with E-state index in [1.165, 1.54) is 14.0 Å². The number of hydrogen-bond acceptors (Lipinski definition) is 5. The van der Waals surface area contributed by atoms with Crippen molar-refractivity contribution >= 4 is 18.2 Å². The molecular weight excluding hydrogens is 272 g/mol. The molecule has 1 rings (SSSR count). The fourth-order valence-corrected chi connectivity index (χ4v) is 1.41. The van der Waals surface area contributed by atoms with E-state index in [0.717, 1.165) is 25.5 Å². The second-order valence-electron chi connectivity index (χ2n) is 4.21. The van der Waals surface area contributed by atoms with Crippen molar-refractivity contribution in [3.63, 3.8) is 0 Å². The van der Waals surface area contributed by atoms with Gasteiger partial charge >= 0.3 is 11.9 Å². The number of esters is 2. The quantitative estimate of drug-likeness (QED) is 0.439. The van der Waals surface area contributed by atoms with Gasteiger partial charge in [-0.15, -0.1) is 0 Å². The molecule has 0 saturated heterocycles. The molecule has 5 nitrogen and oxygen atoms in total. The van der Waals surface area contributed by atoms with Crippen molar-refractivity contribution in [1.29, 1.82) is 0 Å². The lowest BCUT2D eigenvalue weighted by molar-refractivity contribution is -0.141. The van der Waals surface area contributed by atoms with Gasteiger partial charge in [0.1, 0.15) is 6.29 Å². The predicted molar refractivity (Wildman–Crippen MR) is 78.9 cm³/mol. The molecule has 0 aliphatic rings. The SMILES string of the molecule is CC(=O)OCCCCCC=O.COC(=O)c1ccccc1. The summed E-state index contributed by atoms with van der Waals surface area (Å²) in [4.78, 5) is 30.9. The molecular formula is C16H22O5. The third kappa shape index (κ3) is 11.4. The van der Waals surface area contributed by atoms with Crippen LogP contribution in [-0.4, -0.2) is 31.9 Å². The maximum absolute atomic E-state index is 10.8. The van der Waals surface area contributed by atoms with Gasteiger partial charge in [-0.05, 0) is 31.4 Å². The standard InChI is InChI=1S/C8H14O3.C8H8O2/c1-8(10)11-7-5-3-2-4-6-9;1-10-8(9)7-5-3-2-4-6-7/h6H,2-5,7H2,1H3;2-6H,1H3. The number of carbonyl (C=O) groups excluding carboxylic acids is 3. The summed E-state index contributed by atoms with van der Waals surface area (Å²) in [7, 11) is 1.37. The van der Waals surface area contributed by atoms with Crippen molar-refractivity contribution in [3.05, 3.63) is 35.9 Å². The third-order valence-corrected chi connectivity index (χ3v) is 2.47. The second kappa shape index (κ2) is 12.8. The van der Waals surface area contributed by atoms with Crippen LogP contribution >= 0.6 is 0 Å². The zero-order valence-corrected chi connectivity index (χ0v) is 12.5. The molecule has 0 unspecified atom stereocenters. The number of aldehydes is 1. The van der Waals surface area contributed by atoms with E-state index in [-0.39, 0.29) is 11.9 Å². The summed E-state index contributed by atoms with van der Waals surface area (Å²) in [5.74, 6) is -0.527. The fourth-order valence-electron chi connectivity index (χ4n) is 1.41. The van der Waals surface area contributed by atoms with Gasteiger partial charge in [-0.25, -0.2) is 4.79 Å². The van der Waals surface area contributed by atoms with Gasteiger partial charge in [0.2, 0.25) is 0 Å². The lowest BCUT2D eigenvalue weighted by Gasteiger charge is -1.99. The normalized spacial score (nSPS) is 9.05. The molecule has 1 aromatic carbocycles. The Labute approximate surface area is 125 Å². The maximum atomic E-state index is 10.8. The van der Waals surface area contributed by atoms with Crippen LogP contribution in [0.2, 0.25) is 0 Å². The molecule has 0 saturated carbocycles. The van der Waals surface area contributed by atoms with Crippen molar-refractivity contribution in [2.24, 2.45) is 0 Å². The first-order valence-corrected chi connectivity index (χ1v) is 6.82. The highest BCUT2D eigenvalue weighted by Gasteiger charge is 2.00. The number of ether oxygens (including phenoxy) is 2. The van der Waals surface area contributed by atoms with Crippen LogP contribution in [-0.2, 0) is 19.1 Å². The first kappa shape index (κ1) is 18.8. The molecule has 0 aliphatic heterocycles. The van der Waals surface area contributed by atoms with Crippen molar-refractivity contribution in [3.8, 4) is 0 Å². The Balaban J connectivity index is 0.000000382. The second-order valence-corrected chi connectivity index (χ2v) is 4.21. The van der Waals surface area contributed by atoms with Crippen molar-refractivity contribution in [2.75, 3.05) is 13.7 Å². The molecule has 0 radical (unpaired) electrons. The Morgan fingerprint density at radius 3 is 2.29 bits per heavy atom. The number of rotatable bonds is 7. The summed E-state index contributed by atoms with van der Waals surface area (Å²) in [6.45, 7) is 1.87.